The van der Waals surface area contributed by atoms with E-state index in [9.17, 15) is 8.42 Å². The number of benzene rings is 1. The van der Waals surface area contributed by atoms with E-state index in [0.29, 0.717) is 11.5 Å². The summed E-state index contributed by atoms with van der Waals surface area (Å²) in [5.41, 5.74) is 2.30. The molecule has 7 heteroatoms. The minimum absolute atomic E-state index is 0.0176. The highest BCUT2D eigenvalue weighted by Gasteiger charge is 2.33. The van der Waals surface area contributed by atoms with E-state index in [1.807, 2.05) is 0 Å². The Hall–Kier alpha value is -1.18. The van der Waals surface area contributed by atoms with Crippen LogP contribution in [0.15, 0.2) is 24.3 Å². The highest BCUT2D eigenvalue weighted by Crippen LogP contribution is 2.20. The number of hydrogen-bond acceptors (Lipinski definition) is 3. The summed E-state index contributed by atoms with van der Waals surface area (Å²) in [6.07, 6.45) is 5.13. The summed E-state index contributed by atoms with van der Waals surface area (Å²) in [7, 11) is 1.32. The van der Waals surface area contributed by atoms with Gasteiger partial charge in [-0.25, -0.2) is 8.42 Å². The van der Waals surface area contributed by atoms with Crippen LogP contribution in [0.25, 0.3) is 0 Å². The second kappa shape index (κ2) is 10.4. The van der Waals surface area contributed by atoms with E-state index in [4.69, 9.17) is 12.2 Å². The molecule has 1 saturated heterocycles. The lowest BCUT2D eigenvalue weighted by atomic mass is 10.1. The van der Waals surface area contributed by atoms with E-state index >= 15 is 0 Å². The van der Waals surface area contributed by atoms with Crippen LogP contribution in [-0.4, -0.2) is 63.2 Å². The van der Waals surface area contributed by atoms with Gasteiger partial charge in [-0.1, -0.05) is 25.5 Å². The van der Waals surface area contributed by atoms with Crippen molar-refractivity contribution in [3.05, 3.63) is 29.8 Å². The molecule has 1 aromatic carbocycles. The van der Waals surface area contributed by atoms with Crippen LogP contribution < -0.4 is 10.2 Å². The van der Waals surface area contributed by atoms with Gasteiger partial charge in [-0.05, 0) is 49.2 Å². The summed E-state index contributed by atoms with van der Waals surface area (Å²) in [4.78, 5) is 3.48. The van der Waals surface area contributed by atoms with E-state index in [0.717, 1.165) is 31.6 Å². The van der Waals surface area contributed by atoms with Gasteiger partial charge in [-0.15, -0.1) is 0 Å². The zero-order valence-electron chi connectivity index (χ0n) is 16.8. The molecule has 152 valence electrons. The second-order valence-electron chi connectivity index (χ2n) is 7.79. The van der Waals surface area contributed by atoms with Gasteiger partial charge in [0.15, 0.2) is 14.9 Å². The third-order valence-electron chi connectivity index (χ3n) is 5.01. The molecular weight excluding hydrogens is 378 g/mol. The van der Waals surface area contributed by atoms with Gasteiger partial charge in [0.1, 0.15) is 0 Å². The van der Waals surface area contributed by atoms with E-state index in [1.54, 1.807) is 0 Å². The monoisotopic (exact) mass is 412 g/mol. The number of aryl methyl sites for hydroxylation is 1. The number of nitrogens with one attached hydrogen (secondary N) is 2. The summed E-state index contributed by atoms with van der Waals surface area (Å²) in [6, 6.07) is 8.38. The Kier molecular flexibility index (Phi) is 8.51. The third kappa shape index (κ3) is 7.39. The number of quaternary nitrogens is 1. The fourth-order valence-corrected chi connectivity index (χ4v) is 5.49. The Bertz CT molecular complexity index is 702. The minimum atomic E-state index is -2.94. The maximum atomic E-state index is 11.9. The number of rotatable bonds is 9. The summed E-state index contributed by atoms with van der Waals surface area (Å²) in [5, 5.41) is 3.96. The molecule has 0 amide bonds. The molecule has 1 aliphatic rings. The molecule has 1 atom stereocenters. The molecule has 1 aliphatic heterocycles. The minimum Gasteiger partial charge on any atom is -0.345 e. The predicted molar refractivity (Wildman–Crippen MR) is 117 cm³/mol. The first-order chi connectivity index (χ1) is 12.8. The zero-order chi connectivity index (χ0) is 19.9. The summed E-state index contributed by atoms with van der Waals surface area (Å²) < 4.78 is 23.9. The number of anilines is 1. The third-order valence-corrected chi connectivity index (χ3v) is 7.10. The van der Waals surface area contributed by atoms with Crippen molar-refractivity contribution in [3.8, 4) is 0 Å². The van der Waals surface area contributed by atoms with E-state index < -0.39 is 9.84 Å². The van der Waals surface area contributed by atoms with Crippen molar-refractivity contribution in [2.45, 2.75) is 45.1 Å². The molecule has 1 fully saturated rings. The van der Waals surface area contributed by atoms with Crippen LogP contribution in [0.5, 0.6) is 0 Å². The first kappa shape index (κ1) is 22.1. The standard InChI is InChI=1S/C20H33N3O2S2/c1-4-5-7-17-8-10-18(11-9-17)21-20(26)23(14-6-13-22(2)3)19-12-15-27(24,25)16-19/h8-11,19H,4-7,12-16H2,1-3H3,(H,21,26)/p+1/t19-/m0/s1. The fraction of sp³-hybridized carbons (Fsp3) is 0.650. The van der Waals surface area contributed by atoms with Crippen LogP contribution in [0.2, 0.25) is 0 Å². The number of sulfone groups is 1. The Morgan fingerprint density at radius 2 is 1.96 bits per heavy atom. The van der Waals surface area contributed by atoms with Gasteiger partial charge in [-0.2, -0.15) is 0 Å². The molecule has 0 spiro atoms. The Balaban J connectivity index is 2.01. The summed E-state index contributed by atoms with van der Waals surface area (Å²) >= 11 is 5.66. The van der Waals surface area contributed by atoms with Crippen LogP contribution in [0.1, 0.15) is 38.2 Å². The van der Waals surface area contributed by atoms with Crippen LogP contribution in [0, 0.1) is 0 Å². The van der Waals surface area contributed by atoms with Crippen molar-refractivity contribution in [1.29, 1.82) is 0 Å². The molecule has 0 aliphatic carbocycles. The number of nitrogens with zero attached hydrogens (tertiary/aromatic N) is 1. The lowest BCUT2D eigenvalue weighted by Gasteiger charge is -2.31. The van der Waals surface area contributed by atoms with Crippen molar-refractivity contribution < 1.29 is 13.3 Å². The van der Waals surface area contributed by atoms with Crippen LogP contribution in [0.3, 0.4) is 0 Å². The Labute approximate surface area is 170 Å². The molecule has 1 heterocycles. The van der Waals surface area contributed by atoms with Gasteiger partial charge in [0.05, 0.1) is 32.1 Å². The molecule has 0 saturated carbocycles. The lowest BCUT2D eigenvalue weighted by Crippen LogP contribution is -3.05. The molecule has 0 aromatic heterocycles. The van der Waals surface area contributed by atoms with Crippen LogP contribution >= 0.6 is 12.2 Å². The SMILES string of the molecule is CCCCc1ccc(NC(=S)N(CCC[NH+](C)C)[C@H]2CCS(=O)(=O)C2)cc1. The van der Waals surface area contributed by atoms with Gasteiger partial charge >= 0.3 is 0 Å². The first-order valence-electron chi connectivity index (χ1n) is 9.96. The summed E-state index contributed by atoms with van der Waals surface area (Å²) in [5.74, 6) is 0.474. The van der Waals surface area contributed by atoms with Gasteiger partial charge in [0.25, 0.3) is 0 Å². The molecule has 0 radical (unpaired) electrons. The smallest absolute Gasteiger partial charge is 0.173 e. The van der Waals surface area contributed by atoms with Crippen LogP contribution in [0.4, 0.5) is 5.69 Å². The van der Waals surface area contributed by atoms with E-state index in [-0.39, 0.29) is 17.5 Å². The molecule has 2 rings (SSSR count). The maximum absolute atomic E-state index is 11.9. The molecule has 2 N–H and O–H groups in total. The zero-order valence-corrected chi connectivity index (χ0v) is 18.5. The average molecular weight is 413 g/mol. The van der Waals surface area contributed by atoms with E-state index in [1.165, 1.54) is 23.3 Å². The van der Waals surface area contributed by atoms with Crippen LogP contribution in [-0.2, 0) is 16.3 Å². The largest absolute Gasteiger partial charge is 0.345 e. The second-order valence-corrected chi connectivity index (χ2v) is 10.4. The van der Waals surface area contributed by atoms with Gasteiger partial charge in [-0.3, -0.25) is 0 Å². The fourth-order valence-electron chi connectivity index (χ4n) is 3.41. The van der Waals surface area contributed by atoms with Crippen molar-refractivity contribution in [2.24, 2.45) is 0 Å². The Morgan fingerprint density at radius 3 is 2.52 bits per heavy atom. The predicted octanol–water partition coefficient (Wildman–Crippen LogP) is 1.75. The quantitative estimate of drug-likeness (QED) is 0.605. The molecule has 0 unspecified atom stereocenters. The number of unbranched alkanes of at least 4 members (excludes halogenated alkanes) is 1. The van der Waals surface area contributed by atoms with Crippen molar-refractivity contribution in [2.75, 3.05) is 44.0 Å². The van der Waals surface area contributed by atoms with Crippen molar-refractivity contribution in [1.82, 2.24) is 4.90 Å². The van der Waals surface area contributed by atoms with Gasteiger partial charge < -0.3 is 15.1 Å². The van der Waals surface area contributed by atoms with Gasteiger partial charge in [0.2, 0.25) is 0 Å². The normalized spacial score (nSPS) is 18.6. The van der Waals surface area contributed by atoms with Gasteiger partial charge in [0, 0.05) is 24.7 Å². The Morgan fingerprint density at radius 1 is 1.26 bits per heavy atom. The van der Waals surface area contributed by atoms with Crippen molar-refractivity contribution >= 4 is 32.9 Å². The number of hydrogen-bond donors (Lipinski definition) is 2. The molecule has 27 heavy (non-hydrogen) atoms. The van der Waals surface area contributed by atoms with E-state index in [2.05, 4.69) is 55.5 Å². The first-order valence-corrected chi connectivity index (χ1v) is 12.2. The molecule has 1 aromatic rings. The highest BCUT2D eigenvalue weighted by molar-refractivity contribution is 7.91. The maximum Gasteiger partial charge on any atom is 0.173 e. The van der Waals surface area contributed by atoms with Crippen molar-refractivity contribution in [3.63, 3.8) is 0 Å². The molecule has 0 bridgehead atoms. The average Bonchev–Trinajstić information content (AvgIpc) is 2.97. The number of thiocarbonyl (C=S) groups is 1. The topological polar surface area (TPSA) is 53.9 Å². The summed E-state index contributed by atoms with van der Waals surface area (Å²) in [6.45, 7) is 4.01. The molecular formula is C20H34N3O2S2+. The highest BCUT2D eigenvalue weighted by atomic mass is 32.2. The lowest BCUT2D eigenvalue weighted by molar-refractivity contribution is -0.858. The molecule has 5 nitrogen and oxygen atoms in total.